The normalized spacial score (nSPS) is 20.2. The van der Waals surface area contributed by atoms with Crippen LogP contribution < -0.4 is 11.1 Å². The highest BCUT2D eigenvalue weighted by atomic mass is 16.1. The van der Waals surface area contributed by atoms with Gasteiger partial charge in [-0.15, -0.1) is 0 Å². The molecule has 1 saturated heterocycles. The third-order valence-corrected chi connectivity index (χ3v) is 9.35. The van der Waals surface area contributed by atoms with Crippen LogP contribution in [0.4, 0.5) is 5.82 Å². The van der Waals surface area contributed by atoms with Gasteiger partial charge in [-0.3, -0.25) is 14.3 Å². The van der Waals surface area contributed by atoms with Gasteiger partial charge in [0.1, 0.15) is 11.3 Å². The Balaban J connectivity index is 1.14. The zero-order chi connectivity index (χ0) is 30.1. The highest BCUT2D eigenvalue weighted by Gasteiger charge is 2.41. The summed E-state index contributed by atoms with van der Waals surface area (Å²) in [5.74, 6) is 1.09. The molecule has 7 rings (SSSR count). The molecule has 1 amide bonds. The van der Waals surface area contributed by atoms with Gasteiger partial charge in [0, 0.05) is 36.6 Å². The van der Waals surface area contributed by atoms with Crippen molar-refractivity contribution in [2.75, 3.05) is 18.8 Å². The van der Waals surface area contributed by atoms with Crippen molar-refractivity contribution in [3.8, 4) is 28.3 Å². The maximum atomic E-state index is 11.7. The van der Waals surface area contributed by atoms with Gasteiger partial charge >= 0.3 is 0 Å². The van der Waals surface area contributed by atoms with Crippen molar-refractivity contribution in [3.63, 3.8) is 0 Å². The van der Waals surface area contributed by atoms with Crippen molar-refractivity contribution in [3.05, 3.63) is 103 Å². The number of nitrogens with one attached hydrogen (secondary N) is 1. The van der Waals surface area contributed by atoms with Crippen LogP contribution in [0.15, 0.2) is 97.7 Å². The Labute approximate surface area is 257 Å². The fourth-order valence-corrected chi connectivity index (χ4v) is 6.97. The first-order valence-corrected chi connectivity index (χ1v) is 15.4. The topological polar surface area (TPSA) is 102 Å². The number of imidazole rings is 1. The Morgan fingerprint density at radius 1 is 0.977 bits per heavy atom. The molecule has 1 aliphatic heterocycles. The van der Waals surface area contributed by atoms with Crippen molar-refractivity contribution in [2.24, 2.45) is 5.41 Å². The molecule has 3 N–H and O–H groups in total. The smallest absolute Gasteiger partial charge is 0.243 e. The van der Waals surface area contributed by atoms with Gasteiger partial charge in [-0.2, -0.15) is 0 Å². The number of fused-ring (bicyclic) bond motifs is 1. The van der Waals surface area contributed by atoms with Gasteiger partial charge in [0.2, 0.25) is 5.91 Å². The average molecular weight is 584 g/mol. The predicted molar refractivity (Wildman–Crippen MR) is 175 cm³/mol. The van der Waals surface area contributed by atoms with Gasteiger partial charge < -0.3 is 11.1 Å². The standard InChI is InChI=1S/C36H37N7O/c1-2-32(44)39-27-16-18-36(19-17-27)20-22-42(24-36)23-25-10-12-28(13-11-25)43-34(29-9-6-21-38-33(29)37)41-31-15-14-30(40-35(31)43)26-7-4-3-5-8-26/h2-15,21,27H,1,16-20,22-24H2,(H2,37,38)(H,39,44). The Hall–Kier alpha value is -4.82. The lowest BCUT2D eigenvalue weighted by atomic mass is 9.72. The van der Waals surface area contributed by atoms with Crippen molar-refractivity contribution in [1.82, 2.24) is 29.7 Å². The van der Waals surface area contributed by atoms with Gasteiger partial charge in [-0.05, 0) is 92.1 Å². The van der Waals surface area contributed by atoms with Crippen LogP contribution in [-0.4, -0.2) is 49.5 Å². The number of benzene rings is 2. The maximum Gasteiger partial charge on any atom is 0.243 e. The molecule has 5 aromatic rings. The van der Waals surface area contributed by atoms with Crippen LogP contribution in [0, 0.1) is 5.41 Å². The highest BCUT2D eigenvalue weighted by molar-refractivity contribution is 5.87. The van der Waals surface area contributed by atoms with Crippen LogP contribution in [-0.2, 0) is 11.3 Å². The molecule has 222 valence electrons. The number of anilines is 1. The summed E-state index contributed by atoms with van der Waals surface area (Å²) in [7, 11) is 0. The number of likely N-dealkylation sites (tertiary alicyclic amines) is 1. The second-order valence-corrected chi connectivity index (χ2v) is 12.2. The molecule has 0 bridgehead atoms. The summed E-state index contributed by atoms with van der Waals surface area (Å²) in [4.78, 5) is 28.7. The van der Waals surface area contributed by atoms with Crippen molar-refractivity contribution in [2.45, 2.75) is 44.7 Å². The number of pyridine rings is 2. The summed E-state index contributed by atoms with van der Waals surface area (Å²) >= 11 is 0. The minimum absolute atomic E-state index is 0.0606. The summed E-state index contributed by atoms with van der Waals surface area (Å²) in [6, 6.07) is 27.1. The first-order chi connectivity index (χ1) is 21.5. The minimum Gasteiger partial charge on any atom is -0.383 e. The van der Waals surface area contributed by atoms with Crippen molar-refractivity contribution in [1.29, 1.82) is 0 Å². The Morgan fingerprint density at radius 2 is 1.77 bits per heavy atom. The molecule has 8 nitrogen and oxygen atoms in total. The quantitative estimate of drug-likeness (QED) is 0.222. The number of rotatable bonds is 7. The summed E-state index contributed by atoms with van der Waals surface area (Å²) in [5, 5.41) is 3.09. The Morgan fingerprint density at radius 3 is 2.52 bits per heavy atom. The summed E-state index contributed by atoms with van der Waals surface area (Å²) in [6.07, 6.45) is 8.71. The van der Waals surface area contributed by atoms with Crippen molar-refractivity contribution < 1.29 is 4.79 Å². The van der Waals surface area contributed by atoms with Crippen LogP contribution in [0.2, 0.25) is 0 Å². The first kappa shape index (κ1) is 28.0. The number of carbonyl (C=O) groups excluding carboxylic acids is 1. The number of nitrogens with two attached hydrogens (primary N) is 1. The second kappa shape index (κ2) is 11.7. The van der Waals surface area contributed by atoms with E-state index in [1.165, 1.54) is 18.1 Å². The molecule has 0 radical (unpaired) electrons. The zero-order valence-electron chi connectivity index (χ0n) is 24.8. The van der Waals surface area contributed by atoms with E-state index in [4.69, 9.17) is 15.7 Å². The molecule has 4 heterocycles. The van der Waals surface area contributed by atoms with Crippen LogP contribution in [0.25, 0.3) is 39.5 Å². The SMILES string of the molecule is C=CC(=O)NC1CCC2(CC1)CCN(Cc1ccc(-n3c(-c4cccnc4N)nc4ccc(-c5ccccc5)nc43)cc1)C2. The lowest BCUT2D eigenvalue weighted by Crippen LogP contribution is -2.41. The number of amides is 1. The highest BCUT2D eigenvalue weighted by Crippen LogP contribution is 2.44. The van der Waals surface area contributed by atoms with E-state index in [2.05, 4.69) is 62.7 Å². The second-order valence-electron chi connectivity index (χ2n) is 12.2. The van der Waals surface area contributed by atoms with E-state index in [0.29, 0.717) is 11.2 Å². The van der Waals surface area contributed by atoms with Gasteiger partial charge in [-0.1, -0.05) is 49.0 Å². The first-order valence-electron chi connectivity index (χ1n) is 15.4. The third kappa shape index (κ3) is 5.49. The molecule has 2 fully saturated rings. The Bertz CT molecular complexity index is 1800. The molecule has 1 aliphatic carbocycles. The van der Waals surface area contributed by atoms with Crippen molar-refractivity contribution >= 4 is 22.9 Å². The molecule has 2 aliphatic rings. The number of hydrogen-bond acceptors (Lipinski definition) is 6. The molecule has 44 heavy (non-hydrogen) atoms. The Kier molecular flexibility index (Phi) is 7.44. The summed E-state index contributed by atoms with van der Waals surface area (Å²) in [5.41, 5.74) is 13.3. The number of carbonyl (C=O) groups is 1. The summed E-state index contributed by atoms with van der Waals surface area (Å²) < 4.78 is 2.09. The molecule has 2 aromatic carbocycles. The number of hydrogen-bond donors (Lipinski definition) is 2. The van der Waals surface area contributed by atoms with Crippen LogP contribution >= 0.6 is 0 Å². The number of nitrogens with zero attached hydrogens (tertiary/aromatic N) is 5. The molecular weight excluding hydrogens is 546 g/mol. The lowest BCUT2D eigenvalue weighted by molar-refractivity contribution is -0.117. The summed E-state index contributed by atoms with van der Waals surface area (Å²) in [6.45, 7) is 6.72. The van der Waals surface area contributed by atoms with E-state index in [0.717, 1.165) is 84.8 Å². The molecular formula is C36H37N7O. The van der Waals surface area contributed by atoms with Crippen LogP contribution in [0.1, 0.15) is 37.7 Å². The van der Waals surface area contributed by atoms with E-state index in [1.54, 1.807) is 6.20 Å². The molecule has 1 spiro atoms. The molecule has 0 atom stereocenters. The fourth-order valence-electron chi connectivity index (χ4n) is 6.97. The molecule has 3 aromatic heterocycles. The van der Waals surface area contributed by atoms with Gasteiger partial charge in [0.15, 0.2) is 11.5 Å². The molecule has 8 heteroatoms. The number of nitrogen functional groups attached to an aromatic ring is 1. The lowest BCUT2D eigenvalue weighted by Gasteiger charge is -2.37. The van der Waals surface area contributed by atoms with Crippen LogP contribution in [0.5, 0.6) is 0 Å². The largest absolute Gasteiger partial charge is 0.383 e. The fraction of sp³-hybridized carbons (Fsp3) is 0.278. The molecule has 1 saturated carbocycles. The van der Waals surface area contributed by atoms with E-state index < -0.39 is 0 Å². The maximum absolute atomic E-state index is 11.7. The van der Waals surface area contributed by atoms with Crippen LogP contribution in [0.3, 0.4) is 0 Å². The third-order valence-electron chi connectivity index (χ3n) is 9.35. The van der Waals surface area contributed by atoms with E-state index in [-0.39, 0.29) is 11.9 Å². The van der Waals surface area contributed by atoms with E-state index in [1.807, 2.05) is 42.5 Å². The van der Waals surface area contributed by atoms with Gasteiger partial charge in [0.25, 0.3) is 0 Å². The number of aromatic nitrogens is 4. The van der Waals surface area contributed by atoms with Gasteiger partial charge in [-0.25, -0.2) is 15.0 Å². The van der Waals surface area contributed by atoms with E-state index >= 15 is 0 Å². The van der Waals surface area contributed by atoms with Gasteiger partial charge in [0.05, 0.1) is 11.3 Å². The predicted octanol–water partition coefficient (Wildman–Crippen LogP) is 6.17. The minimum atomic E-state index is -0.0606. The van der Waals surface area contributed by atoms with E-state index in [9.17, 15) is 4.79 Å². The monoisotopic (exact) mass is 583 g/mol. The molecule has 0 unspecified atom stereocenters. The zero-order valence-corrected chi connectivity index (χ0v) is 24.8. The average Bonchev–Trinajstić information content (AvgIpc) is 3.64.